The van der Waals surface area contributed by atoms with Crippen LogP contribution in [0.1, 0.15) is 18.2 Å². The molecule has 2 rings (SSSR count). The van der Waals surface area contributed by atoms with Crippen LogP contribution in [0, 0.1) is 0 Å². The summed E-state index contributed by atoms with van der Waals surface area (Å²) in [6.45, 7) is 2.36. The average molecular weight is 332 g/mol. The van der Waals surface area contributed by atoms with Gasteiger partial charge in [0.1, 0.15) is 23.8 Å². The van der Waals surface area contributed by atoms with Gasteiger partial charge in [0.2, 0.25) is 5.88 Å². The molecule has 24 heavy (non-hydrogen) atoms. The van der Waals surface area contributed by atoms with E-state index in [1.165, 1.54) is 0 Å². The topological polar surface area (TPSA) is 102 Å². The molecule has 0 aromatic carbocycles. The van der Waals surface area contributed by atoms with E-state index in [1.54, 1.807) is 57.8 Å². The number of rotatable bonds is 7. The minimum absolute atomic E-state index is 0.126. The maximum Gasteiger partial charge on any atom is 0.213 e. The lowest BCUT2D eigenvalue weighted by atomic mass is 10.2. The second kappa shape index (κ2) is 7.41. The van der Waals surface area contributed by atoms with E-state index in [0.29, 0.717) is 23.9 Å². The SMILES string of the molecule is CN=Cc1ncn(Cc2ccc(OCC(C)(O)N(C)C)nc2)c1N. The van der Waals surface area contributed by atoms with Crippen molar-refractivity contribution in [3.63, 3.8) is 0 Å². The van der Waals surface area contributed by atoms with Crippen LogP contribution >= 0.6 is 0 Å². The summed E-state index contributed by atoms with van der Waals surface area (Å²) in [5, 5.41) is 10.1. The van der Waals surface area contributed by atoms with Gasteiger partial charge in [-0.1, -0.05) is 6.07 Å². The molecule has 8 nitrogen and oxygen atoms in total. The van der Waals surface area contributed by atoms with Crippen molar-refractivity contribution in [2.24, 2.45) is 4.99 Å². The number of aliphatic imine (C=N–C) groups is 1. The smallest absolute Gasteiger partial charge is 0.213 e. The van der Waals surface area contributed by atoms with Crippen LogP contribution in [0.2, 0.25) is 0 Å². The Morgan fingerprint density at radius 3 is 2.75 bits per heavy atom. The number of anilines is 1. The molecule has 2 aromatic rings. The summed E-state index contributed by atoms with van der Waals surface area (Å²) in [4.78, 5) is 14.1. The Labute approximate surface area is 141 Å². The molecule has 0 saturated carbocycles. The Morgan fingerprint density at radius 2 is 2.17 bits per heavy atom. The minimum atomic E-state index is -1.05. The summed E-state index contributed by atoms with van der Waals surface area (Å²) in [5.41, 5.74) is 6.58. The molecule has 0 aliphatic heterocycles. The van der Waals surface area contributed by atoms with Gasteiger partial charge < -0.3 is 20.1 Å². The molecule has 0 aliphatic carbocycles. The number of hydrogen-bond donors (Lipinski definition) is 2. The van der Waals surface area contributed by atoms with Crippen LogP contribution in [0.5, 0.6) is 5.88 Å². The summed E-state index contributed by atoms with van der Waals surface area (Å²) in [7, 11) is 5.24. The quantitative estimate of drug-likeness (QED) is 0.569. The predicted octanol–water partition coefficient (Wildman–Crippen LogP) is 0.606. The summed E-state index contributed by atoms with van der Waals surface area (Å²) in [6.07, 6.45) is 5.01. The van der Waals surface area contributed by atoms with Crippen molar-refractivity contribution in [2.75, 3.05) is 33.5 Å². The number of aliphatic hydroxyl groups is 1. The highest BCUT2D eigenvalue weighted by Crippen LogP contribution is 2.15. The third kappa shape index (κ3) is 4.30. The summed E-state index contributed by atoms with van der Waals surface area (Å²) >= 11 is 0. The number of nitrogens with zero attached hydrogens (tertiary/aromatic N) is 5. The van der Waals surface area contributed by atoms with Crippen molar-refractivity contribution in [1.82, 2.24) is 19.4 Å². The zero-order valence-corrected chi connectivity index (χ0v) is 14.5. The molecule has 0 bridgehead atoms. The predicted molar refractivity (Wildman–Crippen MR) is 93.3 cm³/mol. The highest BCUT2D eigenvalue weighted by atomic mass is 16.5. The molecule has 8 heteroatoms. The number of hydrogen-bond acceptors (Lipinski definition) is 7. The fourth-order valence-electron chi connectivity index (χ4n) is 1.88. The Hall–Kier alpha value is -2.45. The van der Waals surface area contributed by atoms with E-state index in [9.17, 15) is 5.11 Å². The number of imidazole rings is 1. The molecule has 0 saturated heterocycles. The lowest BCUT2D eigenvalue weighted by molar-refractivity contribution is -0.0952. The zero-order chi connectivity index (χ0) is 17.7. The lowest BCUT2D eigenvalue weighted by Crippen LogP contribution is -2.46. The molecule has 0 fully saturated rings. The first-order valence-corrected chi connectivity index (χ1v) is 7.54. The molecular weight excluding hydrogens is 308 g/mol. The van der Waals surface area contributed by atoms with Crippen LogP contribution in [0.25, 0.3) is 0 Å². The van der Waals surface area contributed by atoms with Crippen LogP contribution in [0.4, 0.5) is 5.82 Å². The van der Waals surface area contributed by atoms with Crippen LogP contribution in [0.15, 0.2) is 29.6 Å². The first-order valence-electron chi connectivity index (χ1n) is 7.54. The maximum atomic E-state index is 10.1. The Morgan fingerprint density at radius 1 is 1.42 bits per heavy atom. The number of pyridine rings is 1. The highest BCUT2D eigenvalue weighted by molar-refractivity contribution is 5.83. The Bertz CT molecular complexity index is 691. The number of aromatic nitrogens is 3. The molecule has 0 aliphatic rings. The van der Waals surface area contributed by atoms with Gasteiger partial charge in [-0.25, -0.2) is 9.97 Å². The van der Waals surface area contributed by atoms with Gasteiger partial charge in [0, 0.05) is 19.3 Å². The Kier molecular flexibility index (Phi) is 5.53. The van der Waals surface area contributed by atoms with E-state index in [1.807, 2.05) is 10.6 Å². The fraction of sp³-hybridized carbons (Fsp3) is 0.438. The van der Waals surface area contributed by atoms with Gasteiger partial charge in [0.25, 0.3) is 0 Å². The fourth-order valence-corrected chi connectivity index (χ4v) is 1.88. The standard InChI is InChI=1S/C16H24N6O2/c1-16(23,21(3)4)10-24-14-6-5-12(7-19-14)9-22-11-20-13(8-18-2)15(22)17/h5-8,11,23H,9-10,17H2,1-4H3. The maximum absolute atomic E-state index is 10.1. The molecule has 1 unspecified atom stereocenters. The first kappa shape index (κ1) is 17.9. The van der Waals surface area contributed by atoms with Crippen molar-refractivity contribution >= 4 is 12.0 Å². The lowest BCUT2D eigenvalue weighted by Gasteiger charge is -2.30. The second-order valence-electron chi connectivity index (χ2n) is 5.94. The van der Waals surface area contributed by atoms with Gasteiger partial charge in [-0.15, -0.1) is 0 Å². The molecule has 3 N–H and O–H groups in total. The zero-order valence-electron chi connectivity index (χ0n) is 14.5. The van der Waals surface area contributed by atoms with E-state index in [0.717, 1.165) is 5.56 Å². The second-order valence-corrected chi connectivity index (χ2v) is 5.94. The van der Waals surface area contributed by atoms with E-state index < -0.39 is 5.72 Å². The van der Waals surface area contributed by atoms with Gasteiger partial charge >= 0.3 is 0 Å². The van der Waals surface area contributed by atoms with Crippen LogP contribution in [-0.4, -0.2) is 64.2 Å². The van der Waals surface area contributed by atoms with Crippen molar-refractivity contribution in [1.29, 1.82) is 0 Å². The monoisotopic (exact) mass is 332 g/mol. The molecular formula is C16H24N6O2. The summed E-state index contributed by atoms with van der Waals surface area (Å²) < 4.78 is 7.36. The van der Waals surface area contributed by atoms with Crippen molar-refractivity contribution in [2.45, 2.75) is 19.2 Å². The molecule has 2 aromatic heterocycles. The normalized spacial score (nSPS) is 14.2. The summed E-state index contributed by atoms with van der Waals surface area (Å²) in [6, 6.07) is 3.67. The molecule has 0 radical (unpaired) electrons. The van der Waals surface area contributed by atoms with Gasteiger partial charge in [0.05, 0.1) is 19.1 Å². The largest absolute Gasteiger partial charge is 0.473 e. The summed E-state index contributed by atoms with van der Waals surface area (Å²) in [5.74, 6) is 1.02. The highest BCUT2D eigenvalue weighted by Gasteiger charge is 2.24. The van der Waals surface area contributed by atoms with E-state index in [2.05, 4.69) is 15.0 Å². The first-order chi connectivity index (χ1) is 11.3. The molecule has 2 heterocycles. The number of likely N-dealkylation sites (N-methyl/N-ethyl adjacent to an activating group) is 1. The van der Waals surface area contributed by atoms with Gasteiger partial charge in [-0.3, -0.25) is 9.89 Å². The average Bonchev–Trinajstić information content (AvgIpc) is 2.88. The Balaban J connectivity index is 2.00. The van der Waals surface area contributed by atoms with Crippen molar-refractivity contribution in [3.8, 4) is 5.88 Å². The third-order valence-electron chi connectivity index (χ3n) is 3.77. The van der Waals surface area contributed by atoms with Crippen LogP contribution in [0.3, 0.4) is 0 Å². The van der Waals surface area contributed by atoms with Gasteiger partial charge in [-0.05, 0) is 26.6 Å². The molecule has 0 spiro atoms. The molecule has 130 valence electrons. The van der Waals surface area contributed by atoms with E-state index in [4.69, 9.17) is 10.5 Å². The minimum Gasteiger partial charge on any atom is -0.473 e. The van der Waals surface area contributed by atoms with Gasteiger partial charge in [-0.2, -0.15) is 0 Å². The number of nitrogens with two attached hydrogens (primary N) is 1. The van der Waals surface area contributed by atoms with Crippen molar-refractivity contribution < 1.29 is 9.84 Å². The number of nitrogen functional groups attached to an aromatic ring is 1. The van der Waals surface area contributed by atoms with Crippen molar-refractivity contribution in [3.05, 3.63) is 35.9 Å². The van der Waals surface area contributed by atoms with Gasteiger partial charge in [0.15, 0.2) is 0 Å². The molecule has 0 amide bonds. The molecule has 1 atom stereocenters. The third-order valence-corrected chi connectivity index (χ3v) is 3.77. The van der Waals surface area contributed by atoms with Crippen LogP contribution < -0.4 is 10.5 Å². The number of ether oxygens (including phenoxy) is 1. The van der Waals surface area contributed by atoms with Crippen LogP contribution in [-0.2, 0) is 6.54 Å². The van der Waals surface area contributed by atoms with E-state index >= 15 is 0 Å². The van der Waals surface area contributed by atoms with E-state index in [-0.39, 0.29) is 6.61 Å².